The molecular weight excluding hydrogens is 269 g/mol. The second kappa shape index (κ2) is 4.21. The molecule has 1 aliphatic rings. The Kier molecular flexibility index (Phi) is 2.72. The molecule has 0 saturated carbocycles. The van der Waals surface area contributed by atoms with E-state index in [4.69, 9.17) is 4.74 Å². The molecule has 1 fully saturated rings. The maximum absolute atomic E-state index is 12.1. The first-order chi connectivity index (χ1) is 7.84. The van der Waals surface area contributed by atoms with Gasteiger partial charge >= 0.3 is 99.4 Å². The van der Waals surface area contributed by atoms with Crippen molar-refractivity contribution in [1.82, 2.24) is 3.56 Å². The second-order valence-corrected chi connectivity index (χ2v) is 6.32. The molecule has 0 bridgehead atoms. The Morgan fingerprint density at radius 3 is 3.06 bits per heavy atom. The van der Waals surface area contributed by atoms with E-state index in [2.05, 4.69) is 6.07 Å². The molecule has 1 aromatic carbocycles. The van der Waals surface area contributed by atoms with Crippen LogP contribution in [0.15, 0.2) is 29.1 Å². The van der Waals surface area contributed by atoms with Crippen LogP contribution in [0.2, 0.25) is 0 Å². The molecule has 0 amide bonds. The summed E-state index contributed by atoms with van der Waals surface area (Å²) < 4.78 is 8.75. The van der Waals surface area contributed by atoms with E-state index >= 15 is 0 Å². The van der Waals surface area contributed by atoms with Gasteiger partial charge < -0.3 is 0 Å². The van der Waals surface area contributed by atoms with Crippen molar-refractivity contribution in [3.05, 3.63) is 34.6 Å². The quantitative estimate of drug-likeness (QED) is 0.776. The minimum atomic E-state index is 0.152. The third kappa shape index (κ3) is 1.77. The fourth-order valence-electron chi connectivity index (χ4n) is 2.11. The third-order valence-electron chi connectivity index (χ3n) is 2.95. The predicted molar refractivity (Wildman–Crippen MR) is 64.1 cm³/mol. The van der Waals surface area contributed by atoms with Crippen molar-refractivity contribution < 1.29 is 4.74 Å². The predicted octanol–water partition coefficient (Wildman–Crippen LogP) is 1.24. The second-order valence-electron chi connectivity index (χ2n) is 4.09. The van der Waals surface area contributed by atoms with E-state index in [0.717, 1.165) is 31.4 Å². The summed E-state index contributed by atoms with van der Waals surface area (Å²) in [5.41, 5.74) is 0.186. The van der Waals surface area contributed by atoms with Crippen molar-refractivity contribution in [3.8, 4) is 0 Å². The molecule has 1 saturated heterocycles. The van der Waals surface area contributed by atoms with Crippen molar-refractivity contribution in [2.75, 3.05) is 6.61 Å². The summed E-state index contributed by atoms with van der Waals surface area (Å²) in [6.07, 6.45) is 2.49. The molecule has 4 heteroatoms. The number of hydrogen-bond acceptors (Lipinski definition) is 2. The van der Waals surface area contributed by atoms with Crippen LogP contribution >= 0.6 is 0 Å². The molecule has 0 spiro atoms. The van der Waals surface area contributed by atoms with E-state index in [1.54, 1.807) is 0 Å². The summed E-state index contributed by atoms with van der Waals surface area (Å²) >= 11 is 0.152. The average Bonchev–Trinajstić information content (AvgIpc) is 2.90. The molecule has 16 heavy (non-hydrogen) atoms. The summed E-state index contributed by atoms with van der Waals surface area (Å²) in [7, 11) is 0. The van der Waals surface area contributed by atoms with Gasteiger partial charge in [-0.25, -0.2) is 0 Å². The zero-order valence-electron chi connectivity index (χ0n) is 8.89. The average molecular weight is 282 g/mol. The minimum absolute atomic E-state index is 0.152. The molecule has 2 aromatic rings. The van der Waals surface area contributed by atoms with Crippen molar-refractivity contribution >= 4 is 24.4 Å². The topological polar surface area (TPSA) is 31.2 Å². The number of nitrogens with zero attached hydrogens (tertiary/aromatic N) is 1. The SMILES string of the molecule is O=c1c2ccccc2[se]n1CC1CCCO1. The first kappa shape index (κ1) is 10.3. The molecule has 1 aromatic heterocycles. The third-order valence-corrected chi connectivity index (χ3v) is 5.23. The molecule has 2 heterocycles. The van der Waals surface area contributed by atoms with Crippen LogP contribution in [0, 0.1) is 0 Å². The van der Waals surface area contributed by atoms with Crippen molar-refractivity contribution in [1.29, 1.82) is 0 Å². The van der Waals surface area contributed by atoms with Gasteiger partial charge in [-0.15, -0.1) is 0 Å². The Morgan fingerprint density at radius 2 is 2.31 bits per heavy atom. The van der Waals surface area contributed by atoms with Crippen molar-refractivity contribution in [2.45, 2.75) is 25.5 Å². The van der Waals surface area contributed by atoms with Crippen LogP contribution in [0.25, 0.3) is 9.65 Å². The number of benzene rings is 1. The first-order valence-corrected chi connectivity index (χ1v) is 7.17. The van der Waals surface area contributed by atoms with Crippen molar-refractivity contribution in [2.24, 2.45) is 0 Å². The monoisotopic (exact) mass is 283 g/mol. The van der Waals surface area contributed by atoms with Crippen LogP contribution in [0.5, 0.6) is 0 Å². The Morgan fingerprint density at radius 1 is 1.44 bits per heavy atom. The Balaban J connectivity index is 1.97. The van der Waals surface area contributed by atoms with Gasteiger partial charge in [0.1, 0.15) is 0 Å². The van der Waals surface area contributed by atoms with E-state index in [9.17, 15) is 4.79 Å². The van der Waals surface area contributed by atoms with Gasteiger partial charge in [-0.1, -0.05) is 0 Å². The summed E-state index contributed by atoms with van der Waals surface area (Å²) in [4.78, 5) is 12.1. The van der Waals surface area contributed by atoms with E-state index in [-0.39, 0.29) is 26.4 Å². The van der Waals surface area contributed by atoms with Gasteiger partial charge in [-0.2, -0.15) is 0 Å². The van der Waals surface area contributed by atoms with Crippen LogP contribution in [0.4, 0.5) is 0 Å². The number of hydrogen-bond donors (Lipinski definition) is 0. The van der Waals surface area contributed by atoms with Gasteiger partial charge in [0.25, 0.3) is 0 Å². The standard InChI is InChI=1S/C12H13NO2Se/c14-12-10-5-1-2-6-11(10)16-13(12)8-9-4-3-7-15-9/h1-2,5-6,9H,3-4,7-8H2. The Hall–Kier alpha value is -0.831. The molecule has 1 unspecified atom stereocenters. The molecule has 84 valence electrons. The molecule has 0 N–H and O–H groups in total. The van der Waals surface area contributed by atoms with E-state index in [0.29, 0.717) is 0 Å². The number of fused-ring (bicyclic) bond motifs is 1. The number of rotatable bonds is 2. The zero-order valence-corrected chi connectivity index (χ0v) is 10.6. The summed E-state index contributed by atoms with van der Waals surface area (Å²) in [5.74, 6) is 0. The molecule has 1 aliphatic heterocycles. The van der Waals surface area contributed by atoms with Gasteiger partial charge in [0, 0.05) is 0 Å². The molecular formula is C12H13NO2Se. The summed E-state index contributed by atoms with van der Waals surface area (Å²) in [6.45, 7) is 1.63. The summed E-state index contributed by atoms with van der Waals surface area (Å²) in [5, 5.41) is 0.889. The van der Waals surface area contributed by atoms with Gasteiger partial charge in [0.05, 0.1) is 0 Å². The maximum atomic E-state index is 12.1. The normalized spacial score (nSPS) is 20.6. The van der Waals surface area contributed by atoms with Gasteiger partial charge in [0.15, 0.2) is 0 Å². The Labute approximate surface area is 99.6 Å². The summed E-state index contributed by atoms with van der Waals surface area (Å²) in [6, 6.07) is 7.92. The molecule has 3 rings (SSSR count). The van der Waals surface area contributed by atoms with E-state index in [1.807, 2.05) is 21.8 Å². The van der Waals surface area contributed by atoms with Crippen LogP contribution in [-0.2, 0) is 11.3 Å². The van der Waals surface area contributed by atoms with Crippen LogP contribution in [-0.4, -0.2) is 31.0 Å². The van der Waals surface area contributed by atoms with E-state index in [1.165, 1.54) is 4.26 Å². The van der Waals surface area contributed by atoms with Crippen LogP contribution < -0.4 is 5.56 Å². The van der Waals surface area contributed by atoms with Crippen LogP contribution in [0.3, 0.4) is 0 Å². The van der Waals surface area contributed by atoms with Crippen LogP contribution in [0.1, 0.15) is 12.8 Å². The first-order valence-electron chi connectivity index (χ1n) is 5.55. The number of ether oxygens (including phenoxy) is 1. The number of aromatic nitrogens is 1. The molecule has 3 nitrogen and oxygen atoms in total. The Bertz CT molecular complexity index is 551. The molecule has 0 aliphatic carbocycles. The van der Waals surface area contributed by atoms with E-state index < -0.39 is 0 Å². The fourth-order valence-corrected chi connectivity index (χ4v) is 4.32. The molecule has 1 atom stereocenters. The van der Waals surface area contributed by atoms with Gasteiger partial charge in [0.2, 0.25) is 0 Å². The van der Waals surface area contributed by atoms with Gasteiger partial charge in [-0.05, 0) is 0 Å². The van der Waals surface area contributed by atoms with Gasteiger partial charge in [-0.3, -0.25) is 0 Å². The van der Waals surface area contributed by atoms with Crippen molar-refractivity contribution in [3.63, 3.8) is 0 Å². The fraction of sp³-hybridized carbons (Fsp3) is 0.417. The molecule has 0 radical (unpaired) electrons. The zero-order chi connectivity index (χ0) is 11.0.